The van der Waals surface area contributed by atoms with E-state index in [2.05, 4.69) is 36.4 Å². The van der Waals surface area contributed by atoms with Crippen molar-refractivity contribution < 1.29 is 14.7 Å². The van der Waals surface area contributed by atoms with Crippen molar-refractivity contribution in [2.45, 2.75) is 77.7 Å². The van der Waals surface area contributed by atoms with Crippen LogP contribution < -0.4 is 10.6 Å². The maximum Gasteiger partial charge on any atom is 0.243 e. The number of thioether (sulfide) groups is 1. The number of nitrogens with one attached hydrogen (secondary N) is 2. The number of nitrogens with zero attached hydrogens (tertiary/aromatic N) is 2. The predicted molar refractivity (Wildman–Crippen MR) is 149 cm³/mol. The number of rotatable bonds is 12. The van der Waals surface area contributed by atoms with Crippen LogP contribution in [0.5, 0.6) is 0 Å². The largest absolute Gasteiger partial charge is 0.391 e. The SMILES string of the molecule is CSC[C@H](NC(C)CCC(C)C)C(=O)N1C[C@H](O)C[C@H]1C(=O)NCc1ccc(-c2scnc2C)cc1. The first kappa shape index (κ1) is 28.6. The summed E-state index contributed by atoms with van der Waals surface area (Å²) in [6, 6.07) is 7.22. The first-order chi connectivity index (χ1) is 17.2. The van der Waals surface area contributed by atoms with E-state index in [0.29, 0.717) is 18.2 Å². The fraction of sp³-hybridized carbons (Fsp3) is 0.593. The molecule has 2 heterocycles. The summed E-state index contributed by atoms with van der Waals surface area (Å²) in [6.45, 7) is 9.05. The summed E-state index contributed by atoms with van der Waals surface area (Å²) in [6.07, 6.45) is 3.62. The van der Waals surface area contributed by atoms with Crippen LogP contribution in [0.25, 0.3) is 10.4 Å². The molecule has 1 aliphatic heterocycles. The Balaban J connectivity index is 1.60. The lowest BCUT2D eigenvalue weighted by atomic mass is 10.0. The molecule has 0 radical (unpaired) electrons. The highest BCUT2D eigenvalue weighted by Gasteiger charge is 2.41. The summed E-state index contributed by atoms with van der Waals surface area (Å²) >= 11 is 3.22. The number of hydrogen-bond acceptors (Lipinski definition) is 7. The Bertz CT molecular complexity index is 995. The third-order valence-electron chi connectivity index (χ3n) is 6.59. The van der Waals surface area contributed by atoms with Gasteiger partial charge in [-0.1, -0.05) is 38.1 Å². The van der Waals surface area contributed by atoms with Crippen LogP contribution in [-0.4, -0.2) is 69.6 Å². The van der Waals surface area contributed by atoms with Gasteiger partial charge in [-0.2, -0.15) is 11.8 Å². The average Bonchev–Trinajstić information content (AvgIpc) is 3.46. The van der Waals surface area contributed by atoms with Gasteiger partial charge in [0.2, 0.25) is 11.8 Å². The average molecular weight is 533 g/mol. The maximum absolute atomic E-state index is 13.5. The van der Waals surface area contributed by atoms with E-state index in [1.807, 2.05) is 43.0 Å². The van der Waals surface area contributed by atoms with Gasteiger partial charge in [0.25, 0.3) is 0 Å². The van der Waals surface area contributed by atoms with E-state index in [9.17, 15) is 14.7 Å². The molecule has 0 spiro atoms. The Morgan fingerprint density at radius 2 is 1.94 bits per heavy atom. The highest BCUT2D eigenvalue weighted by Crippen LogP contribution is 2.27. The number of hydrogen-bond donors (Lipinski definition) is 3. The maximum atomic E-state index is 13.5. The number of aliphatic hydroxyl groups excluding tert-OH is 1. The molecule has 0 saturated carbocycles. The number of aromatic nitrogens is 1. The van der Waals surface area contributed by atoms with E-state index in [4.69, 9.17) is 0 Å². The Labute approximate surface area is 223 Å². The summed E-state index contributed by atoms with van der Waals surface area (Å²) in [5.74, 6) is 0.899. The van der Waals surface area contributed by atoms with Crippen molar-refractivity contribution in [3.63, 3.8) is 0 Å². The van der Waals surface area contributed by atoms with Crippen LogP contribution in [0, 0.1) is 12.8 Å². The number of thiazole rings is 1. The summed E-state index contributed by atoms with van der Waals surface area (Å²) in [5.41, 5.74) is 4.93. The molecule has 0 bridgehead atoms. The zero-order valence-corrected chi connectivity index (χ0v) is 23.6. The zero-order valence-electron chi connectivity index (χ0n) is 22.0. The molecule has 9 heteroatoms. The molecule has 2 aromatic rings. The van der Waals surface area contributed by atoms with Gasteiger partial charge >= 0.3 is 0 Å². The molecule has 2 amide bonds. The highest BCUT2D eigenvalue weighted by atomic mass is 32.2. The molecule has 3 rings (SSSR count). The number of β-amino-alcohol motifs (C(OH)–C–C–N with tert-alkyl or cyclic N) is 1. The van der Waals surface area contributed by atoms with E-state index < -0.39 is 12.1 Å². The summed E-state index contributed by atoms with van der Waals surface area (Å²) in [7, 11) is 0. The second-order valence-corrected chi connectivity index (χ2v) is 11.9. The Kier molecular flexibility index (Phi) is 10.8. The third kappa shape index (κ3) is 7.78. The number of amides is 2. The van der Waals surface area contributed by atoms with Crippen LogP contribution in [0.1, 0.15) is 51.3 Å². The van der Waals surface area contributed by atoms with Gasteiger partial charge < -0.3 is 20.6 Å². The molecule has 1 aliphatic rings. The van der Waals surface area contributed by atoms with Crippen molar-refractivity contribution in [1.29, 1.82) is 0 Å². The Hall–Kier alpha value is -1.94. The fourth-order valence-electron chi connectivity index (χ4n) is 4.53. The molecule has 36 heavy (non-hydrogen) atoms. The number of carbonyl (C=O) groups excluding carboxylic acids is 2. The standard InChI is InChI=1S/C27H40N4O3S2/c1-17(2)6-7-18(3)30-23(15-35-5)27(34)31-14-22(32)12-24(31)26(33)28-13-20-8-10-21(11-9-20)25-19(4)29-16-36-25/h8-11,16-18,22-24,30,32H,6-7,12-15H2,1-5H3,(H,28,33)/t18?,22-,23+,24+/m1/s1. The number of carbonyl (C=O) groups is 2. The highest BCUT2D eigenvalue weighted by molar-refractivity contribution is 7.98. The first-order valence-corrected chi connectivity index (χ1v) is 15.0. The zero-order chi connectivity index (χ0) is 26.2. The molecular weight excluding hydrogens is 492 g/mol. The van der Waals surface area contributed by atoms with Gasteiger partial charge in [-0.15, -0.1) is 11.3 Å². The lowest BCUT2D eigenvalue weighted by molar-refractivity contribution is -0.139. The lowest BCUT2D eigenvalue weighted by Gasteiger charge is -2.30. The van der Waals surface area contributed by atoms with Crippen LogP contribution in [0.3, 0.4) is 0 Å². The van der Waals surface area contributed by atoms with E-state index in [1.54, 1.807) is 28.0 Å². The smallest absolute Gasteiger partial charge is 0.243 e. The molecule has 198 valence electrons. The molecule has 4 atom stereocenters. The summed E-state index contributed by atoms with van der Waals surface area (Å²) in [4.78, 5) is 33.6. The lowest BCUT2D eigenvalue weighted by Crippen LogP contribution is -2.54. The van der Waals surface area contributed by atoms with Gasteiger partial charge in [0, 0.05) is 31.3 Å². The molecule has 1 saturated heterocycles. The van der Waals surface area contributed by atoms with Crippen LogP contribution >= 0.6 is 23.1 Å². The van der Waals surface area contributed by atoms with Crippen LogP contribution in [0.15, 0.2) is 29.8 Å². The van der Waals surface area contributed by atoms with Crippen LogP contribution in [-0.2, 0) is 16.1 Å². The fourth-order valence-corrected chi connectivity index (χ4v) is 5.92. The monoisotopic (exact) mass is 532 g/mol. The minimum Gasteiger partial charge on any atom is -0.391 e. The molecule has 1 unspecified atom stereocenters. The topological polar surface area (TPSA) is 94.6 Å². The molecule has 1 aromatic heterocycles. The van der Waals surface area contributed by atoms with Crippen molar-refractivity contribution in [3.8, 4) is 10.4 Å². The number of benzene rings is 1. The van der Waals surface area contributed by atoms with E-state index in [1.165, 1.54) is 0 Å². The van der Waals surface area contributed by atoms with E-state index >= 15 is 0 Å². The Morgan fingerprint density at radius 3 is 2.56 bits per heavy atom. The minimum atomic E-state index is -0.695. The summed E-state index contributed by atoms with van der Waals surface area (Å²) < 4.78 is 0. The molecule has 1 aromatic carbocycles. The van der Waals surface area contributed by atoms with Gasteiger partial charge in [0.1, 0.15) is 6.04 Å². The van der Waals surface area contributed by atoms with E-state index in [0.717, 1.165) is 34.5 Å². The van der Waals surface area contributed by atoms with Gasteiger partial charge in [-0.3, -0.25) is 9.59 Å². The van der Waals surface area contributed by atoms with Crippen LogP contribution in [0.2, 0.25) is 0 Å². The van der Waals surface area contributed by atoms with Gasteiger partial charge in [-0.25, -0.2) is 4.98 Å². The number of aryl methyl sites for hydroxylation is 1. The second kappa shape index (κ2) is 13.6. The third-order valence-corrected chi connectivity index (χ3v) is 8.23. The van der Waals surface area contributed by atoms with Gasteiger partial charge in [-0.05, 0) is 50.0 Å². The first-order valence-electron chi connectivity index (χ1n) is 12.7. The van der Waals surface area contributed by atoms with Gasteiger partial charge in [0.15, 0.2) is 0 Å². The Morgan fingerprint density at radius 1 is 1.22 bits per heavy atom. The number of aliphatic hydroxyl groups is 1. The molecular formula is C27H40N4O3S2. The van der Waals surface area contributed by atoms with Crippen molar-refractivity contribution in [3.05, 3.63) is 41.0 Å². The summed E-state index contributed by atoms with van der Waals surface area (Å²) in [5, 5.41) is 16.8. The number of likely N-dealkylation sites (tertiary alicyclic amines) is 1. The molecule has 0 aliphatic carbocycles. The second-order valence-electron chi connectivity index (χ2n) is 10.1. The normalized spacial score (nSPS) is 19.5. The quantitative estimate of drug-likeness (QED) is 0.385. The van der Waals surface area contributed by atoms with Crippen LogP contribution in [0.4, 0.5) is 0 Å². The van der Waals surface area contributed by atoms with Crippen molar-refractivity contribution in [2.75, 3.05) is 18.6 Å². The predicted octanol–water partition coefficient (Wildman–Crippen LogP) is 3.84. The van der Waals surface area contributed by atoms with E-state index in [-0.39, 0.29) is 36.9 Å². The van der Waals surface area contributed by atoms with Crippen molar-refractivity contribution >= 4 is 34.9 Å². The van der Waals surface area contributed by atoms with Gasteiger partial charge in [0.05, 0.1) is 28.2 Å². The minimum absolute atomic E-state index is 0.110. The molecule has 1 fully saturated rings. The molecule has 3 N–H and O–H groups in total. The van der Waals surface area contributed by atoms with Crippen molar-refractivity contribution in [1.82, 2.24) is 20.5 Å². The van der Waals surface area contributed by atoms with Crippen molar-refractivity contribution in [2.24, 2.45) is 5.92 Å². The molecule has 7 nitrogen and oxygen atoms in total.